The van der Waals surface area contributed by atoms with Gasteiger partial charge in [-0.3, -0.25) is 4.79 Å². The Labute approximate surface area is 124 Å². The molecule has 0 bridgehead atoms. The molecular weight excluding hydrogens is 274 g/mol. The molecule has 1 saturated heterocycles. The van der Waals surface area contributed by atoms with Crippen LogP contribution < -0.4 is 4.90 Å². The van der Waals surface area contributed by atoms with Gasteiger partial charge in [0.05, 0.1) is 5.41 Å². The van der Waals surface area contributed by atoms with Gasteiger partial charge >= 0.3 is 5.97 Å². The number of nitrogens with zero attached hydrogens (tertiary/aromatic N) is 3. The number of aryl methyl sites for hydroxylation is 1. The first-order valence-corrected chi connectivity index (χ1v) is 8.23. The Kier molecular flexibility index (Phi) is 4.96. The minimum absolute atomic E-state index is 0.566. The summed E-state index contributed by atoms with van der Waals surface area (Å²) in [5.41, 5.74) is -0.608. The Hall–Kier alpha value is -1.17. The van der Waals surface area contributed by atoms with E-state index >= 15 is 0 Å². The maximum Gasteiger partial charge on any atom is 0.311 e. The minimum Gasteiger partial charge on any atom is -0.481 e. The number of anilines is 1. The van der Waals surface area contributed by atoms with Crippen LogP contribution in [-0.4, -0.2) is 34.4 Å². The third-order valence-electron chi connectivity index (χ3n) is 3.95. The summed E-state index contributed by atoms with van der Waals surface area (Å²) in [4.78, 5) is 13.8. The van der Waals surface area contributed by atoms with Crippen LogP contribution in [0.4, 0.5) is 5.13 Å². The van der Waals surface area contributed by atoms with Gasteiger partial charge in [0, 0.05) is 19.5 Å². The minimum atomic E-state index is -0.664. The fourth-order valence-corrected chi connectivity index (χ4v) is 3.91. The topological polar surface area (TPSA) is 66.3 Å². The van der Waals surface area contributed by atoms with Crippen molar-refractivity contribution in [3.8, 4) is 0 Å². The number of carboxylic acid groups (broad SMARTS) is 1. The maximum atomic E-state index is 11.7. The summed E-state index contributed by atoms with van der Waals surface area (Å²) in [6.45, 7) is 5.63. The van der Waals surface area contributed by atoms with Crippen LogP contribution in [0.3, 0.4) is 0 Å². The second-order valence-corrected chi connectivity index (χ2v) is 6.63. The lowest BCUT2D eigenvalue weighted by atomic mass is 9.76. The van der Waals surface area contributed by atoms with Crippen molar-refractivity contribution in [1.29, 1.82) is 0 Å². The first kappa shape index (κ1) is 15.2. The van der Waals surface area contributed by atoms with Crippen molar-refractivity contribution in [3.63, 3.8) is 0 Å². The molecule has 2 rings (SSSR count). The van der Waals surface area contributed by atoms with Crippen molar-refractivity contribution in [2.75, 3.05) is 18.0 Å². The molecular formula is C14H23N3O2S. The number of aromatic nitrogens is 2. The van der Waals surface area contributed by atoms with Crippen molar-refractivity contribution >= 4 is 22.4 Å². The van der Waals surface area contributed by atoms with E-state index in [1.165, 1.54) is 0 Å². The van der Waals surface area contributed by atoms with Gasteiger partial charge in [0.25, 0.3) is 0 Å². The zero-order chi connectivity index (χ0) is 14.6. The molecule has 6 heteroatoms. The van der Waals surface area contributed by atoms with E-state index in [4.69, 9.17) is 0 Å². The molecule has 0 saturated carbocycles. The molecule has 0 aromatic carbocycles. The van der Waals surface area contributed by atoms with Crippen LogP contribution in [0.25, 0.3) is 0 Å². The predicted molar refractivity (Wildman–Crippen MR) is 80.3 cm³/mol. The van der Waals surface area contributed by atoms with Crippen molar-refractivity contribution < 1.29 is 9.90 Å². The lowest BCUT2D eigenvalue weighted by Gasteiger charge is -2.39. The highest BCUT2D eigenvalue weighted by Gasteiger charge is 2.42. The highest BCUT2D eigenvalue weighted by molar-refractivity contribution is 7.15. The summed E-state index contributed by atoms with van der Waals surface area (Å²) in [6, 6.07) is 0. The molecule has 1 aliphatic rings. The van der Waals surface area contributed by atoms with Crippen LogP contribution >= 0.6 is 11.3 Å². The van der Waals surface area contributed by atoms with Crippen LogP contribution in [0.1, 0.15) is 51.0 Å². The molecule has 20 heavy (non-hydrogen) atoms. The normalized spacial score (nSPS) is 23.0. The average molecular weight is 297 g/mol. The number of aliphatic carboxylic acids is 1. The molecule has 5 nitrogen and oxygen atoms in total. The zero-order valence-corrected chi connectivity index (χ0v) is 13.1. The SMILES string of the molecule is CCCc1nnc(N2CCCC(CCC)(C(=O)O)C2)s1. The Bertz CT molecular complexity index is 459. The lowest BCUT2D eigenvalue weighted by molar-refractivity contribution is -0.150. The van der Waals surface area contributed by atoms with Crippen molar-refractivity contribution in [3.05, 3.63) is 5.01 Å². The van der Waals surface area contributed by atoms with E-state index in [9.17, 15) is 9.90 Å². The third-order valence-corrected chi connectivity index (χ3v) is 4.99. The Morgan fingerprint density at radius 2 is 2.20 bits per heavy atom. The van der Waals surface area contributed by atoms with Crippen LogP contribution in [-0.2, 0) is 11.2 Å². The van der Waals surface area contributed by atoms with Crippen LogP contribution in [0.5, 0.6) is 0 Å². The molecule has 1 atom stereocenters. The van der Waals surface area contributed by atoms with Crippen molar-refractivity contribution in [2.45, 2.75) is 52.4 Å². The van der Waals surface area contributed by atoms with Crippen molar-refractivity contribution in [2.24, 2.45) is 5.41 Å². The molecule has 1 aromatic heterocycles. The van der Waals surface area contributed by atoms with Gasteiger partial charge in [-0.25, -0.2) is 0 Å². The highest BCUT2D eigenvalue weighted by atomic mass is 32.1. The van der Waals surface area contributed by atoms with Gasteiger partial charge in [-0.05, 0) is 25.7 Å². The fraction of sp³-hybridized carbons (Fsp3) is 0.786. The molecule has 1 N–H and O–H groups in total. The summed E-state index contributed by atoms with van der Waals surface area (Å²) in [7, 11) is 0. The molecule has 1 aromatic rings. The zero-order valence-electron chi connectivity index (χ0n) is 12.3. The summed E-state index contributed by atoms with van der Waals surface area (Å²) in [5, 5.41) is 20.0. The van der Waals surface area contributed by atoms with Gasteiger partial charge in [0.15, 0.2) is 0 Å². The second-order valence-electron chi connectivity index (χ2n) is 5.59. The highest BCUT2D eigenvalue weighted by Crippen LogP contribution is 2.37. The molecule has 0 amide bonds. The predicted octanol–water partition coefficient (Wildman–Crippen LogP) is 2.96. The Morgan fingerprint density at radius 1 is 1.40 bits per heavy atom. The van der Waals surface area contributed by atoms with Gasteiger partial charge in [-0.2, -0.15) is 0 Å². The van der Waals surface area contributed by atoms with Gasteiger partial charge in [-0.1, -0.05) is 31.6 Å². The molecule has 112 valence electrons. The van der Waals surface area contributed by atoms with Crippen LogP contribution in [0, 0.1) is 5.41 Å². The number of carboxylic acids is 1. The third kappa shape index (κ3) is 3.11. The van der Waals surface area contributed by atoms with E-state index in [1.807, 2.05) is 6.92 Å². The van der Waals surface area contributed by atoms with Crippen LogP contribution in [0.15, 0.2) is 0 Å². The van der Waals surface area contributed by atoms with Gasteiger partial charge in [-0.15, -0.1) is 10.2 Å². The van der Waals surface area contributed by atoms with E-state index in [2.05, 4.69) is 22.0 Å². The molecule has 1 unspecified atom stereocenters. The lowest BCUT2D eigenvalue weighted by Crippen LogP contribution is -2.48. The Balaban J connectivity index is 2.14. The molecule has 0 aliphatic carbocycles. The van der Waals surface area contributed by atoms with E-state index in [1.54, 1.807) is 11.3 Å². The molecule has 0 spiro atoms. The summed E-state index contributed by atoms with van der Waals surface area (Å²) in [6.07, 6.45) is 5.33. The van der Waals surface area contributed by atoms with E-state index < -0.39 is 11.4 Å². The standard InChI is InChI=1S/C14H23N3O2S/c1-3-6-11-15-16-13(20-11)17-9-5-8-14(10-17,7-4-2)12(18)19/h3-10H2,1-2H3,(H,18,19). The molecule has 1 fully saturated rings. The molecule has 2 heterocycles. The monoisotopic (exact) mass is 297 g/mol. The fourth-order valence-electron chi connectivity index (χ4n) is 2.95. The number of hydrogen-bond donors (Lipinski definition) is 1. The maximum absolute atomic E-state index is 11.7. The molecule has 1 aliphatic heterocycles. The number of piperidine rings is 1. The largest absolute Gasteiger partial charge is 0.481 e. The first-order chi connectivity index (χ1) is 9.61. The first-order valence-electron chi connectivity index (χ1n) is 7.42. The number of carbonyl (C=O) groups is 1. The van der Waals surface area contributed by atoms with Crippen molar-refractivity contribution in [1.82, 2.24) is 10.2 Å². The summed E-state index contributed by atoms with van der Waals surface area (Å²) in [5.74, 6) is -0.664. The summed E-state index contributed by atoms with van der Waals surface area (Å²) >= 11 is 1.61. The smallest absolute Gasteiger partial charge is 0.311 e. The Morgan fingerprint density at radius 3 is 2.85 bits per heavy atom. The van der Waals surface area contributed by atoms with Gasteiger partial charge in [0.1, 0.15) is 5.01 Å². The average Bonchev–Trinajstić information content (AvgIpc) is 2.88. The van der Waals surface area contributed by atoms with Crippen LogP contribution in [0.2, 0.25) is 0 Å². The number of rotatable bonds is 6. The second kappa shape index (κ2) is 6.52. The quantitative estimate of drug-likeness (QED) is 0.874. The number of hydrogen-bond acceptors (Lipinski definition) is 5. The van der Waals surface area contributed by atoms with Gasteiger partial charge < -0.3 is 10.0 Å². The summed E-state index contributed by atoms with van der Waals surface area (Å²) < 4.78 is 0. The van der Waals surface area contributed by atoms with E-state index in [0.717, 1.165) is 55.2 Å². The van der Waals surface area contributed by atoms with E-state index in [-0.39, 0.29) is 0 Å². The molecule has 0 radical (unpaired) electrons. The van der Waals surface area contributed by atoms with Gasteiger partial charge in [0.2, 0.25) is 5.13 Å². The van der Waals surface area contributed by atoms with E-state index in [0.29, 0.717) is 6.54 Å².